The van der Waals surface area contributed by atoms with Crippen LogP contribution >= 0.6 is 0 Å². The maximum absolute atomic E-state index is 11.4. The number of ether oxygens (including phenoxy) is 1. The fraction of sp³-hybridized carbons (Fsp3) is 0.667. The maximum Gasteiger partial charge on any atom is 0.328 e. The van der Waals surface area contributed by atoms with E-state index in [4.69, 9.17) is 5.26 Å². The molecule has 0 saturated carbocycles. The Morgan fingerprint density at radius 3 is 2.36 bits per heavy atom. The van der Waals surface area contributed by atoms with Crippen LogP contribution in [0.2, 0.25) is 0 Å². The van der Waals surface area contributed by atoms with Crippen molar-refractivity contribution in [2.24, 2.45) is 5.41 Å². The van der Waals surface area contributed by atoms with Crippen molar-refractivity contribution in [3.8, 4) is 6.07 Å². The molecule has 5 nitrogen and oxygen atoms in total. The van der Waals surface area contributed by atoms with Crippen LogP contribution in [0.4, 0.5) is 0 Å². The summed E-state index contributed by atoms with van der Waals surface area (Å²) in [5.74, 6) is -1.02. The van der Waals surface area contributed by atoms with Gasteiger partial charge in [0.05, 0.1) is 13.2 Å². The van der Waals surface area contributed by atoms with E-state index in [9.17, 15) is 9.59 Å². The van der Waals surface area contributed by atoms with E-state index in [1.165, 1.54) is 27.9 Å². The van der Waals surface area contributed by atoms with Crippen molar-refractivity contribution in [3.63, 3.8) is 0 Å². The van der Waals surface area contributed by atoms with Gasteiger partial charge >= 0.3 is 5.97 Å². The lowest BCUT2D eigenvalue weighted by molar-refractivity contribution is -0.145. The first-order valence-electron chi connectivity index (χ1n) is 4.15. The molecule has 0 rings (SSSR count). The molecule has 0 bridgehead atoms. The van der Waals surface area contributed by atoms with Crippen molar-refractivity contribution in [3.05, 3.63) is 0 Å². The van der Waals surface area contributed by atoms with Crippen LogP contribution in [0, 0.1) is 16.7 Å². The predicted octanol–water partition coefficient (Wildman–Crippen LogP) is 0.214. The average molecular weight is 198 g/mol. The minimum Gasteiger partial charge on any atom is -0.467 e. The molecule has 0 saturated heterocycles. The zero-order chi connectivity index (χ0) is 11.4. The second kappa shape index (κ2) is 4.61. The summed E-state index contributed by atoms with van der Waals surface area (Å²) in [7, 11) is 1.24. The summed E-state index contributed by atoms with van der Waals surface area (Å²) >= 11 is 0. The highest BCUT2D eigenvalue weighted by Gasteiger charge is 2.29. The fourth-order valence-corrected chi connectivity index (χ4v) is 0.664. The lowest BCUT2D eigenvalue weighted by Gasteiger charge is -2.18. The van der Waals surface area contributed by atoms with E-state index in [0.717, 1.165) is 0 Å². The van der Waals surface area contributed by atoms with Crippen LogP contribution in [0.25, 0.3) is 0 Å². The molecule has 0 aliphatic heterocycles. The first-order chi connectivity index (χ1) is 6.35. The van der Waals surface area contributed by atoms with Crippen LogP contribution in [0.3, 0.4) is 0 Å². The molecule has 0 aromatic carbocycles. The number of methoxy groups -OCH3 is 1. The maximum atomic E-state index is 11.4. The van der Waals surface area contributed by atoms with Crippen LogP contribution in [0.1, 0.15) is 20.8 Å². The molecule has 14 heavy (non-hydrogen) atoms. The third-order valence-corrected chi connectivity index (χ3v) is 1.75. The van der Waals surface area contributed by atoms with Gasteiger partial charge in [0.2, 0.25) is 5.91 Å². The van der Waals surface area contributed by atoms with Crippen LogP contribution in [-0.4, -0.2) is 25.0 Å². The number of carbonyl (C=O) groups excluding carboxylic acids is 2. The molecule has 78 valence electrons. The normalized spacial score (nSPS) is 12.5. The van der Waals surface area contributed by atoms with Crippen molar-refractivity contribution >= 4 is 11.9 Å². The molecule has 0 radical (unpaired) electrons. The third-order valence-electron chi connectivity index (χ3n) is 1.75. The minimum atomic E-state index is -1.14. The number of nitrogens with one attached hydrogen (secondary N) is 1. The molecule has 1 unspecified atom stereocenters. The fourth-order valence-electron chi connectivity index (χ4n) is 0.664. The number of esters is 1. The molecular formula is C9H14N2O3. The highest BCUT2D eigenvalue weighted by Crippen LogP contribution is 2.12. The van der Waals surface area contributed by atoms with Crippen molar-refractivity contribution < 1.29 is 14.3 Å². The number of carbonyl (C=O) groups is 2. The van der Waals surface area contributed by atoms with Crippen molar-refractivity contribution in [1.82, 2.24) is 5.32 Å². The van der Waals surface area contributed by atoms with Gasteiger partial charge in [-0.05, 0) is 20.8 Å². The smallest absolute Gasteiger partial charge is 0.328 e. The Kier molecular flexibility index (Phi) is 4.09. The zero-order valence-electron chi connectivity index (χ0n) is 8.75. The van der Waals surface area contributed by atoms with Crippen LogP contribution in [0.5, 0.6) is 0 Å². The summed E-state index contributed by atoms with van der Waals surface area (Å²) in [6, 6.07) is 1.10. The van der Waals surface area contributed by atoms with Gasteiger partial charge in [0, 0.05) is 0 Å². The number of hydrogen-bond acceptors (Lipinski definition) is 4. The van der Waals surface area contributed by atoms with E-state index in [1.807, 2.05) is 6.07 Å². The van der Waals surface area contributed by atoms with Gasteiger partial charge in [-0.1, -0.05) is 0 Å². The molecule has 5 heteroatoms. The molecule has 0 aliphatic carbocycles. The number of rotatable bonds is 3. The highest BCUT2D eigenvalue weighted by molar-refractivity contribution is 5.88. The Labute approximate surface area is 83.0 Å². The van der Waals surface area contributed by atoms with E-state index < -0.39 is 23.3 Å². The van der Waals surface area contributed by atoms with Crippen molar-refractivity contribution in [2.45, 2.75) is 26.8 Å². The summed E-state index contributed by atoms with van der Waals surface area (Å²) in [6.07, 6.45) is 0. The van der Waals surface area contributed by atoms with Gasteiger partial charge < -0.3 is 10.1 Å². The number of nitrogens with zero attached hydrogens (tertiary/aromatic N) is 1. The van der Waals surface area contributed by atoms with Gasteiger partial charge in [0.1, 0.15) is 11.5 Å². The van der Waals surface area contributed by atoms with E-state index in [0.29, 0.717) is 0 Å². The quantitative estimate of drug-likeness (QED) is 0.657. The molecule has 0 fully saturated rings. The summed E-state index contributed by atoms with van der Waals surface area (Å²) in [6.45, 7) is 4.45. The summed E-state index contributed by atoms with van der Waals surface area (Å²) < 4.78 is 4.42. The second-order valence-electron chi connectivity index (χ2n) is 3.46. The summed E-state index contributed by atoms with van der Waals surface area (Å²) in [4.78, 5) is 22.3. The molecule has 1 amide bonds. The molecule has 1 N–H and O–H groups in total. The Bertz CT molecular complexity index is 278. The minimum absolute atomic E-state index is 0.488. The first kappa shape index (κ1) is 12.4. The van der Waals surface area contributed by atoms with Crippen LogP contribution in [0.15, 0.2) is 0 Å². The largest absolute Gasteiger partial charge is 0.467 e. The van der Waals surface area contributed by atoms with Gasteiger partial charge in [-0.15, -0.1) is 0 Å². The van der Waals surface area contributed by atoms with Crippen LogP contribution in [-0.2, 0) is 14.3 Å². The molecule has 1 atom stereocenters. The van der Waals surface area contributed by atoms with Crippen molar-refractivity contribution in [2.75, 3.05) is 7.11 Å². The van der Waals surface area contributed by atoms with Gasteiger partial charge in [0.15, 0.2) is 0 Å². The Morgan fingerprint density at radius 1 is 1.50 bits per heavy atom. The monoisotopic (exact) mass is 198 g/mol. The number of amides is 1. The molecule has 0 heterocycles. The highest BCUT2D eigenvalue weighted by atomic mass is 16.5. The van der Waals surface area contributed by atoms with Crippen molar-refractivity contribution in [1.29, 1.82) is 5.26 Å². The molecule has 0 aromatic heterocycles. The Balaban J connectivity index is 4.36. The van der Waals surface area contributed by atoms with E-state index in [2.05, 4.69) is 10.1 Å². The van der Waals surface area contributed by atoms with Crippen LogP contribution < -0.4 is 5.32 Å². The predicted molar refractivity (Wildman–Crippen MR) is 49.0 cm³/mol. The van der Waals surface area contributed by atoms with Gasteiger partial charge in [-0.25, -0.2) is 4.79 Å². The van der Waals surface area contributed by atoms with E-state index in [-0.39, 0.29) is 0 Å². The van der Waals surface area contributed by atoms with Gasteiger partial charge in [-0.3, -0.25) is 4.79 Å². The standard InChI is InChI=1S/C9H14N2O3/c1-6(7(12)14-4)11-8(13)9(2,3)5-10/h6H,1-4H3,(H,11,13). The topological polar surface area (TPSA) is 79.2 Å². The number of hydrogen-bond donors (Lipinski definition) is 1. The SMILES string of the molecule is COC(=O)C(C)NC(=O)C(C)(C)C#N. The lowest BCUT2D eigenvalue weighted by Crippen LogP contribution is -2.45. The third kappa shape index (κ3) is 3.05. The molecule has 0 spiro atoms. The average Bonchev–Trinajstić information content (AvgIpc) is 2.16. The first-order valence-corrected chi connectivity index (χ1v) is 4.15. The zero-order valence-corrected chi connectivity index (χ0v) is 8.75. The van der Waals surface area contributed by atoms with Gasteiger partial charge in [0.25, 0.3) is 0 Å². The summed E-state index contributed by atoms with van der Waals surface area (Å²) in [5.41, 5.74) is -1.14. The van der Waals surface area contributed by atoms with E-state index in [1.54, 1.807) is 0 Å². The van der Waals surface area contributed by atoms with E-state index >= 15 is 0 Å². The molecular weight excluding hydrogens is 184 g/mol. The number of nitriles is 1. The Hall–Kier alpha value is -1.57. The lowest BCUT2D eigenvalue weighted by atomic mass is 9.94. The van der Waals surface area contributed by atoms with Gasteiger partial charge in [-0.2, -0.15) is 5.26 Å². The molecule has 0 aliphatic rings. The second-order valence-corrected chi connectivity index (χ2v) is 3.46. The Morgan fingerprint density at radius 2 is 2.00 bits per heavy atom. The molecule has 0 aromatic rings. The summed E-state index contributed by atoms with van der Waals surface area (Å²) in [5, 5.41) is 11.0.